The van der Waals surface area contributed by atoms with Crippen molar-refractivity contribution in [1.82, 2.24) is 4.90 Å². The Morgan fingerprint density at radius 1 is 1.73 bits per heavy atom. The zero-order chi connectivity index (χ0) is 8.43. The zero-order valence-corrected chi connectivity index (χ0v) is 7.63. The van der Waals surface area contributed by atoms with Crippen LogP contribution in [-0.4, -0.2) is 23.4 Å². The number of hydrogen-bond acceptors (Lipinski definition) is 1. The molecule has 1 fully saturated rings. The van der Waals surface area contributed by atoms with Gasteiger partial charge in [0.15, 0.2) is 0 Å². The van der Waals surface area contributed by atoms with E-state index in [0.717, 1.165) is 19.4 Å². The van der Waals surface area contributed by atoms with E-state index in [2.05, 4.69) is 20.8 Å². The molecule has 0 aromatic heterocycles. The highest BCUT2D eigenvalue weighted by Gasteiger charge is 2.28. The van der Waals surface area contributed by atoms with Crippen molar-refractivity contribution in [3.05, 3.63) is 0 Å². The average Bonchev–Trinajstić information content (AvgIpc) is 2.28. The van der Waals surface area contributed by atoms with Crippen LogP contribution in [0.15, 0.2) is 0 Å². The lowest BCUT2D eigenvalue weighted by Gasteiger charge is -2.22. The molecule has 0 saturated carbocycles. The van der Waals surface area contributed by atoms with Crippen LogP contribution in [-0.2, 0) is 4.79 Å². The lowest BCUT2D eigenvalue weighted by molar-refractivity contribution is -0.129. The Balaban J connectivity index is 2.52. The predicted molar refractivity (Wildman–Crippen MR) is 45.2 cm³/mol. The van der Waals surface area contributed by atoms with Crippen LogP contribution in [0.4, 0.5) is 0 Å². The molecule has 1 unspecified atom stereocenters. The van der Waals surface area contributed by atoms with Gasteiger partial charge in [-0.15, -0.1) is 0 Å². The minimum Gasteiger partial charge on any atom is -0.340 e. The maximum atomic E-state index is 11.3. The fraction of sp³-hybridized carbons (Fsp3) is 0.889. The molecule has 0 aromatic carbocycles. The van der Waals surface area contributed by atoms with E-state index in [1.807, 2.05) is 4.90 Å². The molecule has 0 spiro atoms. The van der Waals surface area contributed by atoms with Crippen LogP contribution in [0.3, 0.4) is 0 Å². The van der Waals surface area contributed by atoms with Crippen molar-refractivity contribution in [2.24, 2.45) is 5.92 Å². The number of carbonyl (C=O) groups excluding carboxylic acids is 1. The van der Waals surface area contributed by atoms with E-state index in [1.54, 1.807) is 0 Å². The maximum absolute atomic E-state index is 11.3. The first-order valence-corrected chi connectivity index (χ1v) is 4.44. The standard InChI is InChI=1S/C9H17NO/c1-4-8(3)10-6-7(2)5-9(10)11/h7-8H,4-6H2,1-3H3/t7-,8?/m0/s1. The Labute approximate surface area is 68.6 Å². The number of likely N-dealkylation sites (tertiary alicyclic amines) is 1. The van der Waals surface area contributed by atoms with Crippen molar-refractivity contribution in [3.63, 3.8) is 0 Å². The van der Waals surface area contributed by atoms with E-state index >= 15 is 0 Å². The Bertz CT molecular complexity index is 156. The van der Waals surface area contributed by atoms with Crippen molar-refractivity contribution >= 4 is 5.91 Å². The molecular weight excluding hydrogens is 138 g/mol. The van der Waals surface area contributed by atoms with Gasteiger partial charge in [-0.05, 0) is 19.3 Å². The molecule has 11 heavy (non-hydrogen) atoms. The highest BCUT2D eigenvalue weighted by molar-refractivity contribution is 5.78. The maximum Gasteiger partial charge on any atom is 0.223 e. The molecule has 1 heterocycles. The highest BCUT2D eigenvalue weighted by atomic mass is 16.2. The topological polar surface area (TPSA) is 20.3 Å². The van der Waals surface area contributed by atoms with Gasteiger partial charge in [0, 0.05) is 19.0 Å². The van der Waals surface area contributed by atoms with Crippen LogP contribution >= 0.6 is 0 Å². The fourth-order valence-electron chi connectivity index (χ4n) is 1.56. The number of amides is 1. The van der Waals surface area contributed by atoms with Crippen molar-refractivity contribution in [1.29, 1.82) is 0 Å². The Morgan fingerprint density at radius 3 is 2.73 bits per heavy atom. The van der Waals surface area contributed by atoms with Crippen LogP contribution < -0.4 is 0 Å². The molecule has 2 heteroatoms. The van der Waals surface area contributed by atoms with Gasteiger partial charge in [-0.25, -0.2) is 0 Å². The molecule has 1 rings (SSSR count). The molecule has 0 N–H and O–H groups in total. The van der Waals surface area contributed by atoms with Crippen molar-refractivity contribution < 1.29 is 4.79 Å². The molecular formula is C9H17NO. The summed E-state index contributed by atoms with van der Waals surface area (Å²) in [6, 6.07) is 0.437. The van der Waals surface area contributed by atoms with Crippen molar-refractivity contribution in [3.8, 4) is 0 Å². The van der Waals surface area contributed by atoms with Crippen LogP contribution in [0, 0.1) is 5.92 Å². The summed E-state index contributed by atoms with van der Waals surface area (Å²) in [5.74, 6) is 0.906. The first-order chi connectivity index (χ1) is 5.15. The van der Waals surface area contributed by atoms with E-state index in [0.29, 0.717) is 17.9 Å². The Hall–Kier alpha value is -0.530. The van der Waals surface area contributed by atoms with E-state index in [-0.39, 0.29) is 0 Å². The smallest absolute Gasteiger partial charge is 0.223 e. The van der Waals surface area contributed by atoms with Crippen molar-refractivity contribution in [2.45, 2.75) is 39.7 Å². The van der Waals surface area contributed by atoms with Gasteiger partial charge in [0.25, 0.3) is 0 Å². The summed E-state index contributed by atoms with van der Waals surface area (Å²) in [4.78, 5) is 13.3. The number of nitrogens with zero attached hydrogens (tertiary/aromatic N) is 1. The average molecular weight is 155 g/mol. The summed E-state index contributed by atoms with van der Waals surface area (Å²) >= 11 is 0. The van der Waals surface area contributed by atoms with Crippen LogP contribution in [0.1, 0.15) is 33.6 Å². The van der Waals surface area contributed by atoms with E-state index in [9.17, 15) is 4.79 Å². The second-order valence-electron chi connectivity index (χ2n) is 3.61. The lowest BCUT2D eigenvalue weighted by Crippen LogP contribution is -2.33. The van der Waals surface area contributed by atoms with Gasteiger partial charge >= 0.3 is 0 Å². The van der Waals surface area contributed by atoms with Crippen LogP contribution in [0.5, 0.6) is 0 Å². The summed E-state index contributed by atoms with van der Waals surface area (Å²) in [5, 5.41) is 0. The van der Waals surface area contributed by atoms with E-state index < -0.39 is 0 Å². The normalized spacial score (nSPS) is 27.7. The summed E-state index contributed by atoms with van der Waals surface area (Å²) in [7, 11) is 0. The molecule has 1 amide bonds. The first kappa shape index (κ1) is 8.57. The van der Waals surface area contributed by atoms with Gasteiger partial charge in [-0.3, -0.25) is 4.79 Å². The molecule has 64 valence electrons. The quantitative estimate of drug-likeness (QED) is 0.594. The predicted octanol–water partition coefficient (Wildman–Crippen LogP) is 1.65. The zero-order valence-electron chi connectivity index (χ0n) is 7.63. The minimum atomic E-state index is 0.340. The second kappa shape index (κ2) is 3.24. The van der Waals surface area contributed by atoms with E-state index in [4.69, 9.17) is 0 Å². The van der Waals surface area contributed by atoms with Gasteiger partial charge in [0.1, 0.15) is 0 Å². The Kier molecular flexibility index (Phi) is 2.53. The van der Waals surface area contributed by atoms with Gasteiger partial charge in [0.05, 0.1) is 0 Å². The molecule has 0 aliphatic carbocycles. The lowest BCUT2D eigenvalue weighted by atomic mass is 10.2. The van der Waals surface area contributed by atoms with Crippen LogP contribution in [0.25, 0.3) is 0 Å². The molecule has 1 saturated heterocycles. The van der Waals surface area contributed by atoms with Gasteiger partial charge in [-0.1, -0.05) is 13.8 Å². The summed E-state index contributed by atoms with van der Waals surface area (Å²) in [5.41, 5.74) is 0. The molecule has 2 atom stereocenters. The van der Waals surface area contributed by atoms with Crippen LogP contribution in [0.2, 0.25) is 0 Å². The number of hydrogen-bond donors (Lipinski definition) is 0. The Morgan fingerprint density at radius 2 is 2.36 bits per heavy atom. The molecule has 1 aliphatic rings. The van der Waals surface area contributed by atoms with Gasteiger partial charge < -0.3 is 4.90 Å². The summed E-state index contributed by atoms with van der Waals surface area (Å²) in [6.07, 6.45) is 1.82. The van der Waals surface area contributed by atoms with Crippen molar-refractivity contribution in [2.75, 3.05) is 6.54 Å². The van der Waals surface area contributed by atoms with Gasteiger partial charge in [-0.2, -0.15) is 0 Å². The monoisotopic (exact) mass is 155 g/mol. The summed E-state index contributed by atoms with van der Waals surface area (Å²) in [6.45, 7) is 7.35. The molecule has 0 radical (unpaired) electrons. The molecule has 2 nitrogen and oxygen atoms in total. The second-order valence-corrected chi connectivity index (χ2v) is 3.61. The number of carbonyl (C=O) groups is 1. The molecule has 1 aliphatic heterocycles. The third-order valence-corrected chi connectivity index (χ3v) is 2.47. The third-order valence-electron chi connectivity index (χ3n) is 2.47. The van der Waals surface area contributed by atoms with E-state index in [1.165, 1.54) is 0 Å². The largest absolute Gasteiger partial charge is 0.340 e. The third kappa shape index (κ3) is 1.73. The SMILES string of the molecule is CCC(C)N1C[C@@H](C)CC1=O. The molecule has 0 aromatic rings. The fourth-order valence-corrected chi connectivity index (χ4v) is 1.56. The summed E-state index contributed by atoms with van der Waals surface area (Å²) < 4.78 is 0. The molecule has 0 bridgehead atoms. The highest BCUT2D eigenvalue weighted by Crippen LogP contribution is 2.20. The minimum absolute atomic E-state index is 0.340. The number of rotatable bonds is 2. The van der Waals surface area contributed by atoms with Gasteiger partial charge in [0.2, 0.25) is 5.91 Å². The first-order valence-electron chi connectivity index (χ1n) is 4.44.